The zero-order valence-corrected chi connectivity index (χ0v) is 12.0. The molecule has 0 aromatic carbocycles. The molecule has 6 nitrogen and oxygen atoms in total. The number of carboxylic acid groups (broad SMARTS) is 1. The van der Waals surface area contributed by atoms with Crippen LogP contribution in [0, 0.1) is 5.92 Å². The second-order valence-electron chi connectivity index (χ2n) is 5.63. The highest BCUT2D eigenvalue weighted by molar-refractivity contribution is 5.82. The number of carboxylic acids is 1. The van der Waals surface area contributed by atoms with Gasteiger partial charge in [0.25, 0.3) is 0 Å². The lowest BCUT2D eigenvalue weighted by Gasteiger charge is -2.35. The zero-order chi connectivity index (χ0) is 14.6. The van der Waals surface area contributed by atoms with E-state index in [1.807, 2.05) is 27.7 Å². The summed E-state index contributed by atoms with van der Waals surface area (Å²) in [7, 11) is 0. The van der Waals surface area contributed by atoms with Crippen molar-refractivity contribution >= 4 is 12.0 Å². The Balaban J connectivity index is 2.58. The number of nitrogens with one attached hydrogen (secondary N) is 1. The summed E-state index contributed by atoms with van der Waals surface area (Å²) in [5.74, 6) is -0.777. The molecule has 3 atom stereocenters. The van der Waals surface area contributed by atoms with Crippen molar-refractivity contribution in [3.8, 4) is 0 Å². The molecule has 6 heteroatoms. The first kappa shape index (κ1) is 15.8. The molecule has 2 amide bonds. The summed E-state index contributed by atoms with van der Waals surface area (Å²) in [4.78, 5) is 24.8. The summed E-state index contributed by atoms with van der Waals surface area (Å²) in [6.07, 6.45) is 0.377. The van der Waals surface area contributed by atoms with Crippen LogP contribution in [0.5, 0.6) is 0 Å². The molecule has 1 rings (SSSR count). The van der Waals surface area contributed by atoms with Crippen molar-refractivity contribution in [2.24, 2.45) is 5.92 Å². The fraction of sp³-hybridized carbons (Fsp3) is 0.846. The normalized spacial score (nSPS) is 25.2. The van der Waals surface area contributed by atoms with Crippen molar-refractivity contribution in [2.75, 3.05) is 13.1 Å². The van der Waals surface area contributed by atoms with E-state index in [2.05, 4.69) is 5.32 Å². The van der Waals surface area contributed by atoms with Crippen LogP contribution in [0.1, 0.15) is 34.1 Å². The molecule has 110 valence electrons. The van der Waals surface area contributed by atoms with Crippen molar-refractivity contribution in [1.82, 2.24) is 10.2 Å². The lowest BCUT2D eigenvalue weighted by Crippen LogP contribution is -2.54. The van der Waals surface area contributed by atoms with Gasteiger partial charge in [-0.15, -0.1) is 0 Å². The molecule has 1 heterocycles. The quantitative estimate of drug-likeness (QED) is 0.808. The van der Waals surface area contributed by atoms with E-state index in [4.69, 9.17) is 9.84 Å². The summed E-state index contributed by atoms with van der Waals surface area (Å²) in [5, 5.41) is 11.7. The highest BCUT2D eigenvalue weighted by Gasteiger charge is 2.29. The molecule has 0 aromatic heterocycles. The van der Waals surface area contributed by atoms with Gasteiger partial charge in [0.05, 0.1) is 12.2 Å². The largest absolute Gasteiger partial charge is 0.480 e. The molecule has 1 saturated heterocycles. The van der Waals surface area contributed by atoms with Gasteiger partial charge in [0.2, 0.25) is 0 Å². The number of morpholine rings is 1. The lowest BCUT2D eigenvalue weighted by molar-refractivity contribution is -0.139. The van der Waals surface area contributed by atoms with Crippen LogP contribution in [0.25, 0.3) is 0 Å². The van der Waals surface area contributed by atoms with Gasteiger partial charge < -0.3 is 20.1 Å². The van der Waals surface area contributed by atoms with Gasteiger partial charge in [-0.25, -0.2) is 9.59 Å². The maximum Gasteiger partial charge on any atom is 0.326 e. The molecule has 1 aliphatic rings. The van der Waals surface area contributed by atoms with E-state index in [0.29, 0.717) is 19.5 Å². The van der Waals surface area contributed by atoms with Crippen LogP contribution >= 0.6 is 0 Å². The van der Waals surface area contributed by atoms with Gasteiger partial charge in [-0.2, -0.15) is 0 Å². The van der Waals surface area contributed by atoms with Crippen molar-refractivity contribution in [3.05, 3.63) is 0 Å². The van der Waals surface area contributed by atoms with Gasteiger partial charge >= 0.3 is 12.0 Å². The number of hydrogen-bond donors (Lipinski definition) is 2. The standard InChI is InChI=1S/C13H24N2O4/c1-8(2)5-11(12(16)17)14-13(18)15-6-9(3)19-10(4)7-15/h8-11H,5-7H2,1-4H3,(H,14,18)(H,16,17)/t9?,10?,11-/m1/s1. The summed E-state index contributed by atoms with van der Waals surface area (Å²) >= 11 is 0. The minimum Gasteiger partial charge on any atom is -0.480 e. The first-order valence-electron chi connectivity index (χ1n) is 6.73. The van der Waals surface area contributed by atoms with Crippen LogP contribution in [0.15, 0.2) is 0 Å². The molecule has 0 aromatic rings. The van der Waals surface area contributed by atoms with Crippen LogP contribution < -0.4 is 5.32 Å². The highest BCUT2D eigenvalue weighted by atomic mass is 16.5. The minimum atomic E-state index is -0.989. The topological polar surface area (TPSA) is 78.9 Å². The molecule has 0 radical (unpaired) electrons. The third-order valence-electron chi connectivity index (χ3n) is 3.01. The number of carbonyl (C=O) groups excluding carboxylic acids is 1. The first-order valence-corrected chi connectivity index (χ1v) is 6.73. The summed E-state index contributed by atoms with van der Waals surface area (Å²) in [6, 6.07) is -1.16. The van der Waals surface area contributed by atoms with Gasteiger partial charge in [-0.1, -0.05) is 13.8 Å². The van der Waals surface area contributed by atoms with Crippen molar-refractivity contribution in [1.29, 1.82) is 0 Å². The van der Waals surface area contributed by atoms with E-state index in [1.54, 1.807) is 4.90 Å². The number of carbonyl (C=O) groups is 2. The van der Waals surface area contributed by atoms with Crippen molar-refractivity contribution in [3.63, 3.8) is 0 Å². The monoisotopic (exact) mass is 272 g/mol. The Kier molecular flexibility index (Phi) is 5.60. The number of aliphatic carboxylic acids is 1. The predicted octanol–water partition coefficient (Wildman–Crippen LogP) is 1.30. The average Bonchev–Trinajstić information content (AvgIpc) is 2.25. The summed E-state index contributed by atoms with van der Waals surface area (Å²) in [6.45, 7) is 8.65. The van der Waals surface area contributed by atoms with Gasteiger partial charge in [-0.3, -0.25) is 0 Å². The predicted molar refractivity (Wildman–Crippen MR) is 71.0 cm³/mol. The number of rotatable bonds is 4. The van der Waals surface area contributed by atoms with E-state index in [9.17, 15) is 9.59 Å². The lowest BCUT2D eigenvalue weighted by atomic mass is 10.0. The number of amides is 2. The fourth-order valence-electron chi connectivity index (χ4n) is 2.28. The Bertz CT molecular complexity index is 323. The molecular weight excluding hydrogens is 248 g/mol. The van der Waals surface area contributed by atoms with E-state index in [1.165, 1.54) is 0 Å². The van der Waals surface area contributed by atoms with Gasteiger partial charge in [-0.05, 0) is 26.2 Å². The van der Waals surface area contributed by atoms with E-state index < -0.39 is 12.0 Å². The van der Waals surface area contributed by atoms with Crippen LogP contribution in [-0.2, 0) is 9.53 Å². The molecule has 19 heavy (non-hydrogen) atoms. The van der Waals surface area contributed by atoms with Crippen molar-refractivity contribution in [2.45, 2.75) is 52.4 Å². The smallest absolute Gasteiger partial charge is 0.326 e. The third kappa shape index (κ3) is 5.06. The van der Waals surface area contributed by atoms with E-state index in [-0.39, 0.29) is 24.2 Å². The Morgan fingerprint density at radius 3 is 2.26 bits per heavy atom. The molecule has 1 fully saturated rings. The average molecular weight is 272 g/mol. The second kappa shape index (κ2) is 6.75. The SMILES string of the molecule is CC(C)C[C@@H](NC(=O)N1CC(C)OC(C)C1)C(=O)O. The zero-order valence-electron chi connectivity index (χ0n) is 12.0. The van der Waals surface area contributed by atoms with Crippen LogP contribution in [-0.4, -0.2) is 53.3 Å². The molecular formula is C13H24N2O4. The Morgan fingerprint density at radius 2 is 1.84 bits per heavy atom. The van der Waals surface area contributed by atoms with Crippen molar-refractivity contribution < 1.29 is 19.4 Å². The maximum atomic E-state index is 12.1. The summed E-state index contributed by atoms with van der Waals surface area (Å²) < 4.78 is 5.55. The Morgan fingerprint density at radius 1 is 1.32 bits per heavy atom. The van der Waals surface area contributed by atoms with Crippen LogP contribution in [0.3, 0.4) is 0 Å². The van der Waals surface area contributed by atoms with Gasteiger partial charge in [0.1, 0.15) is 6.04 Å². The molecule has 0 bridgehead atoms. The van der Waals surface area contributed by atoms with Gasteiger partial charge in [0.15, 0.2) is 0 Å². The maximum absolute atomic E-state index is 12.1. The highest BCUT2D eigenvalue weighted by Crippen LogP contribution is 2.12. The number of urea groups is 1. The molecule has 1 aliphatic heterocycles. The van der Waals surface area contributed by atoms with Gasteiger partial charge in [0, 0.05) is 13.1 Å². The minimum absolute atomic E-state index is 0.0251. The molecule has 0 spiro atoms. The number of hydrogen-bond acceptors (Lipinski definition) is 3. The molecule has 2 unspecified atom stereocenters. The van der Waals surface area contributed by atoms with Crippen LogP contribution in [0.2, 0.25) is 0 Å². The van der Waals surface area contributed by atoms with E-state index >= 15 is 0 Å². The first-order chi connectivity index (χ1) is 8.79. The van der Waals surface area contributed by atoms with Crippen LogP contribution in [0.4, 0.5) is 4.79 Å². The molecule has 0 aliphatic carbocycles. The Hall–Kier alpha value is -1.30. The Labute approximate surface area is 114 Å². The second-order valence-corrected chi connectivity index (χ2v) is 5.63. The number of ether oxygens (including phenoxy) is 1. The number of nitrogens with zero attached hydrogens (tertiary/aromatic N) is 1. The van der Waals surface area contributed by atoms with E-state index in [0.717, 1.165) is 0 Å². The molecule has 0 saturated carbocycles. The third-order valence-corrected chi connectivity index (χ3v) is 3.01. The molecule has 2 N–H and O–H groups in total. The fourth-order valence-corrected chi connectivity index (χ4v) is 2.28. The summed E-state index contributed by atoms with van der Waals surface area (Å²) in [5.41, 5.74) is 0.